The molecule has 2 nitrogen and oxygen atoms in total. The standard InChI is InChI=1S/C19H40N2/c1-5-7-8-9-10-15-19(3,16-20)21(4)18-13-11-17(6-2)12-14-18/h17-18H,5-16,20H2,1-4H3. The van der Waals surface area contributed by atoms with E-state index in [2.05, 4.69) is 32.7 Å². The third kappa shape index (κ3) is 5.90. The van der Waals surface area contributed by atoms with E-state index in [1.807, 2.05) is 0 Å². The van der Waals surface area contributed by atoms with Crippen molar-refractivity contribution in [3.05, 3.63) is 0 Å². The maximum Gasteiger partial charge on any atom is 0.0303 e. The highest BCUT2D eigenvalue weighted by Gasteiger charge is 2.33. The predicted molar refractivity (Wildman–Crippen MR) is 94.6 cm³/mol. The van der Waals surface area contributed by atoms with Crippen molar-refractivity contribution in [2.45, 2.75) is 103 Å². The molecule has 1 aliphatic rings. The molecule has 0 aromatic rings. The highest BCUT2D eigenvalue weighted by Crippen LogP contribution is 2.33. The number of nitrogens with zero attached hydrogens (tertiary/aromatic N) is 1. The summed E-state index contributed by atoms with van der Waals surface area (Å²) in [7, 11) is 2.33. The highest BCUT2D eigenvalue weighted by atomic mass is 15.2. The first kappa shape index (κ1) is 19.0. The molecule has 1 atom stereocenters. The number of likely N-dealkylation sites (N-methyl/N-ethyl adjacent to an activating group) is 1. The van der Waals surface area contributed by atoms with Gasteiger partial charge in [-0.1, -0.05) is 52.4 Å². The molecular formula is C19H40N2. The summed E-state index contributed by atoms with van der Waals surface area (Å²) in [5.74, 6) is 0.979. The molecule has 0 aromatic heterocycles. The lowest BCUT2D eigenvalue weighted by molar-refractivity contribution is 0.0525. The van der Waals surface area contributed by atoms with Gasteiger partial charge in [0.05, 0.1) is 0 Å². The summed E-state index contributed by atoms with van der Waals surface area (Å²) in [4.78, 5) is 2.64. The number of nitrogens with two attached hydrogens (primary N) is 1. The summed E-state index contributed by atoms with van der Waals surface area (Å²) in [6.07, 6.45) is 15.0. The topological polar surface area (TPSA) is 29.3 Å². The van der Waals surface area contributed by atoms with Crippen molar-refractivity contribution in [1.82, 2.24) is 4.90 Å². The van der Waals surface area contributed by atoms with E-state index in [1.54, 1.807) is 0 Å². The lowest BCUT2D eigenvalue weighted by Gasteiger charge is -2.45. The summed E-state index contributed by atoms with van der Waals surface area (Å²) in [6, 6.07) is 0.761. The van der Waals surface area contributed by atoms with E-state index >= 15 is 0 Å². The first-order chi connectivity index (χ1) is 10.1. The van der Waals surface area contributed by atoms with Gasteiger partial charge in [0.15, 0.2) is 0 Å². The first-order valence-corrected chi connectivity index (χ1v) is 9.50. The molecule has 0 amide bonds. The maximum absolute atomic E-state index is 6.17. The summed E-state index contributed by atoms with van der Waals surface area (Å²) >= 11 is 0. The smallest absolute Gasteiger partial charge is 0.0303 e. The normalized spacial score (nSPS) is 26.0. The van der Waals surface area contributed by atoms with Crippen LogP contribution in [0.5, 0.6) is 0 Å². The molecule has 2 N–H and O–H groups in total. The second kappa shape index (κ2) is 9.84. The minimum Gasteiger partial charge on any atom is -0.329 e. The Kier molecular flexibility index (Phi) is 8.89. The molecule has 1 aliphatic carbocycles. The molecule has 21 heavy (non-hydrogen) atoms. The third-order valence-electron chi connectivity index (χ3n) is 6.05. The van der Waals surface area contributed by atoms with Crippen molar-refractivity contribution in [2.75, 3.05) is 13.6 Å². The Balaban J connectivity index is 2.41. The molecule has 1 saturated carbocycles. The number of hydrogen-bond donors (Lipinski definition) is 1. The fraction of sp³-hybridized carbons (Fsp3) is 1.00. The van der Waals surface area contributed by atoms with Crippen LogP contribution in [-0.2, 0) is 0 Å². The van der Waals surface area contributed by atoms with Gasteiger partial charge in [0.25, 0.3) is 0 Å². The Hall–Kier alpha value is -0.0800. The van der Waals surface area contributed by atoms with Gasteiger partial charge in [-0.2, -0.15) is 0 Å². The van der Waals surface area contributed by atoms with E-state index in [1.165, 1.54) is 70.6 Å². The molecule has 0 bridgehead atoms. The third-order valence-corrected chi connectivity index (χ3v) is 6.05. The van der Waals surface area contributed by atoms with Crippen LogP contribution in [0.1, 0.15) is 91.4 Å². The second-order valence-corrected chi connectivity index (χ2v) is 7.56. The highest BCUT2D eigenvalue weighted by molar-refractivity contribution is 4.91. The van der Waals surface area contributed by atoms with Gasteiger partial charge in [0.2, 0.25) is 0 Å². The van der Waals surface area contributed by atoms with Crippen LogP contribution in [0.25, 0.3) is 0 Å². The average Bonchev–Trinajstić information content (AvgIpc) is 2.53. The van der Waals surface area contributed by atoms with Crippen LogP contribution < -0.4 is 5.73 Å². The van der Waals surface area contributed by atoms with E-state index < -0.39 is 0 Å². The molecule has 0 aliphatic heterocycles. The van der Waals surface area contributed by atoms with Crippen LogP contribution in [0.15, 0.2) is 0 Å². The number of hydrogen-bond acceptors (Lipinski definition) is 2. The Morgan fingerprint density at radius 3 is 2.14 bits per heavy atom. The van der Waals surface area contributed by atoms with Crippen LogP contribution in [-0.4, -0.2) is 30.1 Å². The number of rotatable bonds is 10. The van der Waals surface area contributed by atoms with Crippen LogP contribution in [0, 0.1) is 5.92 Å². The second-order valence-electron chi connectivity index (χ2n) is 7.56. The summed E-state index contributed by atoms with van der Waals surface area (Å²) in [5, 5.41) is 0. The lowest BCUT2D eigenvalue weighted by Crippen LogP contribution is -2.54. The Bertz CT molecular complexity index is 258. The zero-order valence-corrected chi connectivity index (χ0v) is 15.2. The van der Waals surface area contributed by atoms with Gasteiger partial charge in [-0.25, -0.2) is 0 Å². The Morgan fingerprint density at radius 2 is 1.62 bits per heavy atom. The van der Waals surface area contributed by atoms with Gasteiger partial charge < -0.3 is 5.73 Å². The van der Waals surface area contributed by atoms with Crippen LogP contribution >= 0.6 is 0 Å². The molecule has 0 heterocycles. The minimum absolute atomic E-state index is 0.204. The molecule has 0 radical (unpaired) electrons. The van der Waals surface area contributed by atoms with Gasteiger partial charge in [-0.15, -0.1) is 0 Å². The van der Waals surface area contributed by atoms with E-state index in [4.69, 9.17) is 5.73 Å². The van der Waals surface area contributed by atoms with Crippen LogP contribution in [0.2, 0.25) is 0 Å². The molecular weight excluding hydrogens is 256 g/mol. The largest absolute Gasteiger partial charge is 0.329 e. The average molecular weight is 297 g/mol. The van der Waals surface area contributed by atoms with Gasteiger partial charge in [-0.3, -0.25) is 4.90 Å². The zero-order chi connectivity index (χ0) is 15.7. The predicted octanol–water partition coefficient (Wildman–Crippen LogP) is 4.96. The van der Waals surface area contributed by atoms with Crippen molar-refractivity contribution in [3.63, 3.8) is 0 Å². The molecule has 2 heteroatoms. The summed E-state index contributed by atoms with van der Waals surface area (Å²) < 4.78 is 0. The number of unbranched alkanes of at least 4 members (excludes halogenated alkanes) is 4. The van der Waals surface area contributed by atoms with Gasteiger partial charge >= 0.3 is 0 Å². The van der Waals surface area contributed by atoms with Crippen molar-refractivity contribution >= 4 is 0 Å². The minimum atomic E-state index is 0.204. The van der Waals surface area contributed by atoms with Crippen LogP contribution in [0.3, 0.4) is 0 Å². The van der Waals surface area contributed by atoms with Crippen molar-refractivity contribution in [2.24, 2.45) is 11.7 Å². The van der Waals surface area contributed by atoms with E-state index in [0.717, 1.165) is 18.5 Å². The molecule has 1 rings (SSSR count). The Labute approximate surface area is 133 Å². The van der Waals surface area contributed by atoms with E-state index in [0.29, 0.717) is 0 Å². The van der Waals surface area contributed by atoms with E-state index in [-0.39, 0.29) is 5.54 Å². The van der Waals surface area contributed by atoms with Crippen molar-refractivity contribution in [3.8, 4) is 0 Å². The molecule has 1 unspecified atom stereocenters. The molecule has 0 aromatic carbocycles. The zero-order valence-electron chi connectivity index (χ0n) is 15.2. The molecule has 126 valence electrons. The fourth-order valence-electron chi connectivity index (χ4n) is 3.91. The van der Waals surface area contributed by atoms with Gasteiger partial charge in [-0.05, 0) is 52.0 Å². The lowest BCUT2D eigenvalue weighted by atomic mass is 9.81. The summed E-state index contributed by atoms with van der Waals surface area (Å²) in [5.41, 5.74) is 6.37. The maximum atomic E-state index is 6.17. The van der Waals surface area contributed by atoms with Gasteiger partial charge in [0.1, 0.15) is 0 Å². The van der Waals surface area contributed by atoms with Gasteiger partial charge in [0, 0.05) is 18.1 Å². The Morgan fingerprint density at radius 1 is 1.00 bits per heavy atom. The fourth-order valence-corrected chi connectivity index (χ4v) is 3.91. The van der Waals surface area contributed by atoms with Crippen LogP contribution in [0.4, 0.5) is 0 Å². The molecule has 0 saturated heterocycles. The molecule has 0 spiro atoms. The van der Waals surface area contributed by atoms with E-state index in [9.17, 15) is 0 Å². The van der Waals surface area contributed by atoms with Crippen molar-refractivity contribution < 1.29 is 0 Å². The monoisotopic (exact) mass is 296 g/mol. The first-order valence-electron chi connectivity index (χ1n) is 9.50. The van der Waals surface area contributed by atoms with Crippen molar-refractivity contribution in [1.29, 1.82) is 0 Å². The summed E-state index contributed by atoms with van der Waals surface area (Å²) in [6.45, 7) is 7.81. The molecule has 1 fully saturated rings. The SMILES string of the molecule is CCCCCCCC(C)(CN)N(C)C1CCC(CC)CC1. The quantitative estimate of drug-likeness (QED) is 0.577.